The van der Waals surface area contributed by atoms with Crippen LogP contribution in [0.25, 0.3) is 89.9 Å². The number of rotatable bonds is 12. The summed E-state index contributed by atoms with van der Waals surface area (Å²) in [5.74, 6) is 2.68. The molecule has 0 bridgehead atoms. The van der Waals surface area contributed by atoms with Gasteiger partial charge in [-0.3, -0.25) is 33.1 Å². The van der Waals surface area contributed by atoms with Crippen molar-refractivity contribution in [3.05, 3.63) is 263 Å². The standard InChI is InChI=1S/C15H10N4.C14H9N5.C12H8N3.C11H7N4.4C8H18P2.4Os/c1-2-5-12-9-17-13(8-11(12)4-1)14-10-19-7-3-6-16-15(19)18-14;1-2-4-11-6-16-12(5-10(11)3-1)13-7-19-9-15-8-17-14(19)18-13;1-2-5-10(6-3-1)11-9-15-8-4-7-13-12(15)14-11;1-2-4-9(5-3-1)10-6-15-8-12-7-13-11(15)14-10;4*1-7(9(3)4)8(2)10(5)6;;;;/h1-10H;1-9H;1-5,7-9H;1-4,6-8H;4*1-6H3;;;;/q;;2*-1;;;;;;;2*+1/p+8. The number of aromatic nitrogens is 16. The van der Waals surface area contributed by atoms with E-state index < -0.39 is 0 Å². The molecular weight excluding hydrogens is 2240 g/mol. The number of allylic oxidation sites excluding steroid dienone is 8. The minimum atomic E-state index is -0.151. The maximum atomic E-state index is 4.48. The minimum absolute atomic E-state index is 0. The van der Waals surface area contributed by atoms with Crippen molar-refractivity contribution >= 4 is 108 Å². The zero-order chi connectivity index (χ0) is 78.7. The Hall–Kier alpha value is -5.01. The second-order valence-electron chi connectivity index (χ2n) is 28.0. The first-order chi connectivity index (χ1) is 51.5. The predicted octanol–water partition coefficient (Wildman–Crippen LogP) is 21.8. The first-order valence-corrected chi connectivity index (χ1v) is 56.2. The van der Waals surface area contributed by atoms with Crippen molar-refractivity contribution in [3.8, 4) is 45.3 Å². The van der Waals surface area contributed by atoms with Gasteiger partial charge in [0.2, 0.25) is 23.1 Å². The van der Waals surface area contributed by atoms with Crippen LogP contribution >= 0.6 is 63.4 Å². The molecule has 0 aliphatic heterocycles. The molecule has 16 nitrogen and oxygen atoms in total. The van der Waals surface area contributed by atoms with E-state index in [2.05, 4.69) is 258 Å². The summed E-state index contributed by atoms with van der Waals surface area (Å²) in [6.07, 6.45) is 25.1. The molecule has 14 rings (SSSR count). The summed E-state index contributed by atoms with van der Waals surface area (Å²) in [5.41, 5.74) is 7.04. The summed E-state index contributed by atoms with van der Waals surface area (Å²) in [5, 5.41) is 18.2. The molecule has 0 aliphatic carbocycles. The van der Waals surface area contributed by atoms with E-state index in [1.165, 1.54) is 12.7 Å². The molecule has 0 spiro atoms. The van der Waals surface area contributed by atoms with Gasteiger partial charge < -0.3 is 4.40 Å². The van der Waals surface area contributed by atoms with E-state index in [-0.39, 0.29) is 143 Å². The second kappa shape index (κ2) is 51.2. The number of pyridine rings is 2. The molecule has 0 saturated heterocycles. The van der Waals surface area contributed by atoms with Gasteiger partial charge in [-0.1, -0.05) is 48.5 Å². The summed E-state index contributed by atoms with van der Waals surface area (Å²) >= 11 is 0. The molecule has 112 heavy (non-hydrogen) atoms. The van der Waals surface area contributed by atoms with Crippen molar-refractivity contribution in [2.24, 2.45) is 0 Å². The summed E-state index contributed by atoms with van der Waals surface area (Å²) in [6.45, 7) is 56.4. The molecule has 0 saturated carbocycles. The zero-order valence-corrected chi connectivity index (χ0v) is 87.4. The largest absolute Gasteiger partial charge is 1.00 e. The number of hydrogen-bond donors (Lipinski definition) is 0. The normalized spacial score (nSPS) is 11.8. The quantitative estimate of drug-likeness (QED) is 0.0838. The molecule has 10 aromatic heterocycles. The van der Waals surface area contributed by atoms with Gasteiger partial charge in [0.15, 0.2) is 0 Å². The Morgan fingerprint density at radius 1 is 0.295 bits per heavy atom. The van der Waals surface area contributed by atoms with Crippen LogP contribution in [0.5, 0.6) is 0 Å². The molecule has 0 N–H and O–H groups in total. The Morgan fingerprint density at radius 3 is 0.848 bits per heavy atom. The first-order valence-electron chi connectivity index (χ1n) is 36.2. The molecule has 0 amide bonds. The van der Waals surface area contributed by atoms with E-state index in [0.29, 0.717) is 23.1 Å². The summed E-state index contributed by atoms with van der Waals surface area (Å²) in [4.78, 5) is 51.0. The van der Waals surface area contributed by atoms with Crippen LogP contribution in [0.3, 0.4) is 0 Å². The third kappa shape index (κ3) is 31.1. The molecule has 0 aliphatic rings. The fourth-order valence-electron chi connectivity index (χ4n) is 10.2. The number of benzene rings is 4. The van der Waals surface area contributed by atoms with Crippen LogP contribution in [0.4, 0.5) is 0 Å². The van der Waals surface area contributed by atoms with Crippen LogP contribution < -0.4 is 0 Å². The van der Waals surface area contributed by atoms with E-state index in [9.17, 15) is 0 Å². The fourth-order valence-corrected chi connectivity index (χ4v) is 22.2. The van der Waals surface area contributed by atoms with Crippen LogP contribution in [0.15, 0.2) is 251 Å². The Balaban J connectivity index is 0.000000335. The number of imidazole rings is 4. The van der Waals surface area contributed by atoms with Gasteiger partial charge in [0.05, 0.1) is 118 Å². The van der Waals surface area contributed by atoms with E-state index in [0.717, 1.165) is 66.8 Å². The van der Waals surface area contributed by atoms with Gasteiger partial charge in [-0.05, 0) is 103 Å². The predicted molar refractivity (Wildman–Crippen MR) is 492 cm³/mol. The summed E-state index contributed by atoms with van der Waals surface area (Å²) in [6, 6.07) is 45.9. The molecular formula is C84H114N16Os4P8+8. The minimum Gasteiger partial charge on any atom is -0.300 e. The van der Waals surface area contributed by atoms with Gasteiger partial charge >= 0.3 is 39.6 Å². The topological polar surface area (TPSA) is 172 Å². The molecule has 10 heterocycles. The van der Waals surface area contributed by atoms with Gasteiger partial charge in [-0.2, -0.15) is 0 Å². The van der Waals surface area contributed by atoms with Gasteiger partial charge in [0.1, 0.15) is 79.2 Å². The Bertz CT molecular complexity index is 4700. The molecule has 14 aromatic rings. The first kappa shape index (κ1) is 101. The summed E-state index contributed by atoms with van der Waals surface area (Å²) in [7, 11) is -1.21. The van der Waals surface area contributed by atoms with Crippen molar-refractivity contribution in [3.63, 3.8) is 0 Å². The summed E-state index contributed by atoms with van der Waals surface area (Å²) < 4.78 is 7.37. The number of nitrogens with zero attached hydrogens (tertiary/aromatic N) is 16. The van der Waals surface area contributed by atoms with Crippen LogP contribution in [0, 0.1) is 12.1 Å². The van der Waals surface area contributed by atoms with Crippen LogP contribution in [-0.4, -0.2) is 184 Å². The van der Waals surface area contributed by atoms with Crippen LogP contribution in [-0.2, 0) is 79.2 Å². The average molecular weight is 2360 g/mol. The van der Waals surface area contributed by atoms with E-state index in [4.69, 9.17) is 0 Å². The maximum absolute atomic E-state index is 4.48. The third-order valence-electron chi connectivity index (χ3n) is 18.8. The number of hydrogen-bond acceptors (Lipinski definition) is 12. The van der Waals surface area contributed by atoms with Crippen LogP contribution in [0.2, 0.25) is 0 Å². The van der Waals surface area contributed by atoms with Crippen LogP contribution in [0.1, 0.15) is 55.4 Å². The molecule has 28 heteroatoms. The molecule has 0 atom stereocenters. The number of fused-ring (bicyclic) bond motifs is 6. The second-order valence-corrected chi connectivity index (χ2v) is 50.0. The average Bonchev–Trinajstić information content (AvgIpc) is 1.51. The molecule has 0 fully saturated rings. The van der Waals surface area contributed by atoms with Crippen molar-refractivity contribution in [1.82, 2.24) is 77.4 Å². The van der Waals surface area contributed by atoms with E-state index in [1.807, 2.05) is 155 Å². The van der Waals surface area contributed by atoms with Gasteiger partial charge in [0, 0.05) is 175 Å². The Labute approximate surface area is 728 Å². The van der Waals surface area contributed by atoms with E-state index >= 15 is 0 Å². The zero-order valence-electron chi connectivity index (χ0n) is 69.2. The third-order valence-corrected chi connectivity index (χ3v) is 34.8. The SMILES string of the molecule is CC(=C(C)[PH+](C)C)[PH+](C)C.CC(=C(C)[PH+](C)C)[PH+](C)C.CC(=C(C)[PH+](C)C)[PH+](C)C.CC(=C(C)[PH+](C)C)[PH+](C)C.[Os+].[Os+].[Os].[Os].[c-]1ccccc1-c1cn2cccnc2n1.[c-]1ccccc1-c1cn2cncnc2n1.c1ccc2cc(-c3cn4cccnc4n3)ncc2c1.c1ccc2cc(-c3cn4cncnc4n3)ncc2c1. The van der Waals surface area contributed by atoms with Gasteiger partial charge in [-0.25, -0.2) is 39.9 Å². The molecule has 4 aromatic carbocycles. The van der Waals surface area contributed by atoms with Gasteiger partial charge in [-0.15, -0.1) is 71.8 Å². The fraction of sp³-hybridized carbons (Fsp3) is 0.286. The Kier molecular flexibility index (Phi) is 46.3. The van der Waals surface area contributed by atoms with Crippen molar-refractivity contribution in [2.75, 3.05) is 107 Å². The maximum Gasteiger partial charge on any atom is 1.00 e. The van der Waals surface area contributed by atoms with Gasteiger partial charge in [0.25, 0.3) is 0 Å². The van der Waals surface area contributed by atoms with E-state index in [1.54, 1.807) is 76.4 Å². The smallest absolute Gasteiger partial charge is 0.300 e. The molecule has 2 radical (unpaired) electrons. The van der Waals surface area contributed by atoms with Crippen molar-refractivity contribution in [2.45, 2.75) is 55.4 Å². The Morgan fingerprint density at radius 2 is 0.562 bits per heavy atom. The monoisotopic (exact) mass is 2360 g/mol. The van der Waals surface area contributed by atoms with Crippen molar-refractivity contribution < 1.29 is 79.2 Å². The van der Waals surface area contributed by atoms with Crippen molar-refractivity contribution in [1.29, 1.82) is 0 Å². The molecule has 0 unspecified atom stereocenters. The molecule has 594 valence electrons.